The first-order valence-corrected chi connectivity index (χ1v) is 7.56. The maximum absolute atomic E-state index is 6.16. The van der Waals surface area contributed by atoms with Crippen molar-refractivity contribution >= 4 is 17.3 Å². The highest BCUT2D eigenvalue weighted by molar-refractivity contribution is 6.32. The minimum absolute atomic E-state index is 0.447. The second-order valence-electron chi connectivity index (χ2n) is 5.12. The van der Waals surface area contributed by atoms with Crippen LogP contribution in [-0.2, 0) is 6.61 Å². The van der Waals surface area contributed by atoms with Gasteiger partial charge >= 0.3 is 0 Å². The van der Waals surface area contributed by atoms with Crippen molar-refractivity contribution in [1.82, 2.24) is 4.98 Å². The van der Waals surface area contributed by atoms with Crippen molar-refractivity contribution in [1.29, 1.82) is 0 Å². The van der Waals surface area contributed by atoms with Gasteiger partial charge in [-0.3, -0.25) is 4.98 Å². The SMILES string of the molecule is CCCNc1ccnc(COc2cc(C)c(Cl)c(C)c2)c1. The van der Waals surface area contributed by atoms with Crippen LogP contribution < -0.4 is 10.1 Å². The minimum atomic E-state index is 0.447. The third kappa shape index (κ3) is 4.36. The maximum Gasteiger partial charge on any atom is 0.130 e. The van der Waals surface area contributed by atoms with Gasteiger partial charge in [0, 0.05) is 23.5 Å². The Hall–Kier alpha value is -1.74. The summed E-state index contributed by atoms with van der Waals surface area (Å²) in [7, 11) is 0. The molecule has 3 nitrogen and oxygen atoms in total. The summed E-state index contributed by atoms with van der Waals surface area (Å²) in [6.07, 6.45) is 2.90. The van der Waals surface area contributed by atoms with Crippen molar-refractivity contribution < 1.29 is 4.74 Å². The number of aryl methyl sites for hydroxylation is 2. The number of nitrogens with zero attached hydrogens (tertiary/aromatic N) is 1. The van der Waals surface area contributed by atoms with Gasteiger partial charge in [-0.1, -0.05) is 18.5 Å². The Labute approximate surface area is 131 Å². The van der Waals surface area contributed by atoms with E-state index in [2.05, 4.69) is 17.2 Å². The third-order valence-electron chi connectivity index (χ3n) is 3.19. The van der Waals surface area contributed by atoms with Crippen LogP contribution in [0.1, 0.15) is 30.2 Å². The molecule has 0 aliphatic carbocycles. The van der Waals surface area contributed by atoms with Crippen LogP contribution in [0.3, 0.4) is 0 Å². The van der Waals surface area contributed by atoms with Crippen LogP contribution in [0.5, 0.6) is 5.75 Å². The Morgan fingerprint density at radius 3 is 2.57 bits per heavy atom. The molecule has 2 aromatic rings. The molecule has 0 amide bonds. The number of hydrogen-bond acceptors (Lipinski definition) is 3. The summed E-state index contributed by atoms with van der Waals surface area (Å²) >= 11 is 6.16. The van der Waals surface area contributed by atoms with Crippen LogP contribution in [0.25, 0.3) is 0 Å². The fourth-order valence-electron chi connectivity index (χ4n) is 2.08. The molecule has 0 bridgehead atoms. The van der Waals surface area contributed by atoms with Crippen molar-refractivity contribution in [2.75, 3.05) is 11.9 Å². The van der Waals surface area contributed by atoms with Crippen LogP contribution in [-0.4, -0.2) is 11.5 Å². The minimum Gasteiger partial charge on any atom is -0.487 e. The molecule has 0 atom stereocenters. The van der Waals surface area contributed by atoms with E-state index in [0.717, 1.165) is 46.2 Å². The molecule has 4 heteroatoms. The number of aromatic nitrogens is 1. The summed E-state index contributed by atoms with van der Waals surface area (Å²) in [5.41, 5.74) is 4.03. The van der Waals surface area contributed by atoms with E-state index in [4.69, 9.17) is 16.3 Å². The fraction of sp³-hybridized carbons (Fsp3) is 0.353. The zero-order valence-corrected chi connectivity index (χ0v) is 13.5. The molecule has 1 aromatic carbocycles. The van der Waals surface area contributed by atoms with E-state index in [9.17, 15) is 0 Å². The Balaban J connectivity index is 2.03. The lowest BCUT2D eigenvalue weighted by atomic mass is 10.1. The predicted molar refractivity (Wildman–Crippen MR) is 88.3 cm³/mol. The van der Waals surface area contributed by atoms with E-state index >= 15 is 0 Å². The van der Waals surface area contributed by atoms with Crippen molar-refractivity contribution in [3.8, 4) is 5.75 Å². The van der Waals surface area contributed by atoms with Gasteiger partial charge in [-0.25, -0.2) is 0 Å². The monoisotopic (exact) mass is 304 g/mol. The van der Waals surface area contributed by atoms with Gasteiger partial charge in [-0.2, -0.15) is 0 Å². The lowest BCUT2D eigenvalue weighted by molar-refractivity contribution is 0.301. The molecule has 0 aliphatic heterocycles. The summed E-state index contributed by atoms with van der Waals surface area (Å²) < 4.78 is 5.82. The summed E-state index contributed by atoms with van der Waals surface area (Å²) in [6.45, 7) is 7.51. The summed E-state index contributed by atoms with van der Waals surface area (Å²) in [6, 6.07) is 7.89. The molecule has 0 saturated carbocycles. The second-order valence-corrected chi connectivity index (χ2v) is 5.50. The molecule has 0 saturated heterocycles. The van der Waals surface area contributed by atoms with Gasteiger partial charge in [-0.15, -0.1) is 0 Å². The number of rotatable bonds is 6. The van der Waals surface area contributed by atoms with Gasteiger partial charge in [0.15, 0.2) is 0 Å². The molecule has 1 heterocycles. The van der Waals surface area contributed by atoms with E-state index < -0.39 is 0 Å². The zero-order chi connectivity index (χ0) is 15.2. The number of benzene rings is 1. The van der Waals surface area contributed by atoms with Crippen LogP contribution in [0.2, 0.25) is 5.02 Å². The van der Waals surface area contributed by atoms with Gasteiger partial charge in [0.25, 0.3) is 0 Å². The molecule has 0 spiro atoms. The molecule has 1 aromatic heterocycles. The number of pyridine rings is 1. The highest BCUT2D eigenvalue weighted by Crippen LogP contribution is 2.26. The number of hydrogen-bond donors (Lipinski definition) is 1. The van der Waals surface area contributed by atoms with Crippen molar-refractivity contribution in [3.63, 3.8) is 0 Å². The summed E-state index contributed by atoms with van der Waals surface area (Å²) in [5, 5.41) is 4.14. The Morgan fingerprint density at radius 1 is 1.19 bits per heavy atom. The smallest absolute Gasteiger partial charge is 0.130 e. The summed E-state index contributed by atoms with van der Waals surface area (Å²) in [4.78, 5) is 4.33. The molecular weight excluding hydrogens is 284 g/mol. The average molecular weight is 305 g/mol. The summed E-state index contributed by atoms with van der Waals surface area (Å²) in [5.74, 6) is 0.822. The Kier molecular flexibility index (Phi) is 5.45. The van der Waals surface area contributed by atoms with Crippen LogP contribution in [0, 0.1) is 13.8 Å². The van der Waals surface area contributed by atoms with Gasteiger partial charge in [0.2, 0.25) is 0 Å². The van der Waals surface area contributed by atoms with Gasteiger partial charge in [-0.05, 0) is 55.7 Å². The van der Waals surface area contributed by atoms with Gasteiger partial charge in [0.1, 0.15) is 12.4 Å². The standard InChI is InChI=1S/C17H21ClN2O/c1-4-6-19-14-5-7-20-15(10-14)11-21-16-8-12(2)17(18)13(3)9-16/h5,7-10H,4,6,11H2,1-3H3,(H,19,20). The number of nitrogens with one attached hydrogen (secondary N) is 1. The molecule has 0 fully saturated rings. The molecule has 0 unspecified atom stereocenters. The largest absolute Gasteiger partial charge is 0.487 e. The van der Waals surface area contributed by atoms with E-state index in [1.165, 1.54) is 0 Å². The highest BCUT2D eigenvalue weighted by Gasteiger charge is 2.04. The first-order chi connectivity index (χ1) is 10.1. The normalized spacial score (nSPS) is 10.5. The van der Waals surface area contributed by atoms with Crippen LogP contribution in [0.15, 0.2) is 30.5 Å². The van der Waals surface area contributed by atoms with Crippen LogP contribution in [0.4, 0.5) is 5.69 Å². The Morgan fingerprint density at radius 2 is 1.90 bits per heavy atom. The van der Waals surface area contributed by atoms with E-state index in [1.807, 2.05) is 38.1 Å². The van der Waals surface area contributed by atoms with E-state index in [-0.39, 0.29) is 0 Å². The van der Waals surface area contributed by atoms with E-state index in [1.54, 1.807) is 6.20 Å². The molecule has 1 N–H and O–H groups in total. The molecular formula is C17H21ClN2O. The highest BCUT2D eigenvalue weighted by atomic mass is 35.5. The van der Waals surface area contributed by atoms with Crippen molar-refractivity contribution in [3.05, 3.63) is 52.3 Å². The lowest BCUT2D eigenvalue weighted by Gasteiger charge is -2.11. The lowest BCUT2D eigenvalue weighted by Crippen LogP contribution is -2.03. The average Bonchev–Trinajstić information content (AvgIpc) is 2.49. The predicted octanol–water partition coefficient (Wildman–Crippen LogP) is 4.75. The molecule has 0 radical (unpaired) electrons. The van der Waals surface area contributed by atoms with Gasteiger partial charge < -0.3 is 10.1 Å². The second kappa shape index (κ2) is 7.32. The van der Waals surface area contributed by atoms with Gasteiger partial charge in [0.05, 0.1) is 5.69 Å². The molecule has 2 rings (SSSR count). The third-order valence-corrected chi connectivity index (χ3v) is 3.79. The number of ether oxygens (including phenoxy) is 1. The first-order valence-electron chi connectivity index (χ1n) is 7.18. The van der Waals surface area contributed by atoms with Crippen molar-refractivity contribution in [2.24, 2.45) is 0 Å². The quantitative estimate of drug-likeness (QED) is 0.836. The molecule has 112 valence electrons. The first kappa shape index (κ1) is 15.6. The molecule has 21 heavy (non-hydrogen) atoms. The Bertz CT molecular complexity index is 590. The number of anilines is 1. The molecule has 0 aliphatic rings. The number of halogens is 1. The van der Waals surface area contributed by atoms with E-state index in [0.29, 0.717) is 6.61 Å². The zero-order valence-electron chi connectivity index (χ0n) is 12.7. The maximum atomic E-state index is 6.16. The van der Waals surface area contributed by atoms with Crippen LogP contribution >= 0.6 is 11.6 Å². The fourth-order valence-corrected chi connectivity index (χ4v) is 2.19. The topological polar surface area (TPSA) is 34.2 Å². The van der Waals surface area contributed by atoms with Crippen molar-refractivity contribution in [2.45, 2.75) is 33.8 Å².